The first kappa shape index (κ1) is 20.7. The summed E-state index contributed by atoms with van der Waals surface area (Å²) < 4.78 is 31.7. The van der Waals surface area contributed by atoms with Crippen molar-refractivity contribution in [1.29, 1.82) is 0 Å². The number of sulfonamides is 1. The van der Waals surface area contributed by atoms with Gasteiger partial charge in [0.05, 0.1) is 12.0 Å². The summed E-state index contributed by atoms with van der Waals surface area (Å²) >= 11 is 0. The number of hydrogen-bond acceptors (Lipinski definition) is 4. The van der Waals surface area contributed by atoms with Crippen molar-refractivity contribution < 1.29 is 17.9 Å². The third kappa shape index (κ3) is 5.42. The van der Waals surface area contributed by atoms with Crippen LogP contribution in [0.5, 0.6) is 5.75 Å². The molecule has 1 N–H and O–H groups in total. The maximum absolute atomic E-state index is 12.8. The highest BCUT2D eigenvalue weighted by atomic mass is 32.2. The fraction of sp³-hybridized carbons (Fsp3) is 0.250. The topological polar surface area (TPSA) is 75.7 Å². The minimum atomic E-state index is -3.60. The summed E-state index contributed by atoms with van der Waals surface area (Å²) in [4.78, 5) is 14.6. The van der Waals surface area contributed by atoms with Gasteiger partial charge in [0.15, 0.2) is 0 Å². The minimum Gasteiger partial charge on any atom is -0.497 e. The molecule has 27 heavy (non-hydrogen) atoms. The molecular weight excluding hydrogens is 364 g/mol. The fourth-order valence-corrected chi connectivity index (χ4v) is 3.49. The van der Waals surface area contributed by atoms with Crippen molar-refractivity contribution in [1.82, 2.24) is 9.62 Å². The molecule has 144 valence electrons. The van der Waals surface area contributed by atoms with Gasteiger partial charge in [0.1, 0.15) is 5.75 Å². The predicted octanol–water partition coefficient (Wildman–Crippen LogP) is 2.82. The first-order chi connectivity index (χ1) is 12.9. The van der Waals surface area contributed by atoms with E-state index in [1.807, 2.05) is 31.2 Å². The Morgan fingerprint density at radius 2 is 1.78 bits per heavy atom. The number of amides is 1. The molecule has 0 spiro atoms. The summed E-state index contributed by atoms with van der Waals surface area (Å²) in [7, 11) is -2.00. The Hall–Kier alpha value is -2.64. The monoisotopic (exact) mass is 388 g/mol. The molecule has 0 saturated heterocycles. The van der Waals surface area contributed by atoms with Crippen LogP contribution in [0.3, 0.4) is 0 Å². The van der Waals surface area contributed by atoms with Crippen LogP contribution in [0.25, 0.3) is 0 Å². The largest absolute Gasteiger partial charge is 0.497 e. The first-order valence-corrected chi connectivity index (χ1v) is 10.0. The van der Waals surface area contributed by atoms with E-state index in [2.05, 4.69) is 11.3 Å². The van der Waals surface area contributed by atoms with Crippen molar-refractivity contribution in [2.75, 3.05) is 20.2 Å². The summed E-state index contributed by atoms with van der Waals surface area (Å²) in [5.74, 6) is 0.603. The molecule has 1 amide bonds. The predicted molar refractivity (Wildman–Crippen MR) is 105 cm³/mol. The standard InChI is InChI=1S/C20H24N2O4S/c1-4-14-21-27(24,25)19-12-8-17(9-13-19)20(23)22(5-2)15-16-6-10-18(26-3)11-7-16/h4,6-13,21H,1,5,14-15H2,2-3H3. The van der Waals surface area contributed by atoms with Gasteiger partial charge in [0.25, 0.3) is 5.91 Å². The van der Waals surface area contributed by atoms with Gasteiger partial charge >= 0.3 is 0 Å². The quantitative estimate of drug-likeness (QED) is 0.670. The maximum atomic E-state index is 12.8. The van der Waals surface area contributed by atoms with E-state index in [1.165, 1.54) is 30.3 Å². The van der Waals surface area contributed by atoms with Crippen LogP contribution in [0.2, 0.25) is 0 Å². The van der Waals surface area contributed by atoms with E-state index in [4.69, 9.17) is 4.74 Å². The summed E-state index contributed by atoms with van der Waals surface area (Å²) in [6.45, 7) is 6.53. The van der Waals surface area contributed by atoms with Crippen molar-refractivity contribution in [3.05, 3.63) is 72.3 Å². The van der Waals surface area contributed by atoms with E-state index in [9.17, 15) is 13.2 Å². The molecule has 2 aromatic rings. The Labute approximate surface area is 160 Å². The molecule has 0 aromatic heterocycles. The molecule has 0 bridgehead atoms. The third-order valence-corrected chi connectivity index (χ3v) is 5.47. The van der Waals surface area contributed by atoms with Gasteiger partial charge in [-0.2, -0.15) is 0 Å². The lowest BCUT2D eigenvalue weighted by Gasteiger charge is -2.21. The van der Waals surface area contributed by atoms with Crippen LogP contribution in [0.4, 0.5) is 0 Å². The zero-order valence-corrected chi connectivity index (χ0v) is 16.3. The van der Waals surface area contributed by atoms with Crippen molar-refractivity contribution in [2.45, 2.75) is 18.4 Å². The lowest BCUT2D eigenvalue weighted by molar-refractivity contribution is 0.0752. The van der Waals surface area contributed by atoms with Crippen LogP contribution in [0.1, 0.15) is 22.8 Å². The number of ether oxygens (including phenoxy) is 1. The lowest BCUT2D eigenvalue weighted by atomic mass is 10.1. The van der Waals surface area contributed by atoms with Gasteiger partial charge < -0.3 is 9.64 Å². The van der Waals surface area contributed by atoms with Crippen molar-refractivity contribution in [3.63, 3.8) is 0 Å². The highest BCUT2D eigenvalue weighted by Gasteiger charge is 2.17. The van der Waals surface area contributed by atoms with E-state index >= 15 is 0 Å². The SMILES string of the molecule is C=CCNS(=O)(=O)c1ccc(C(=O)N(CC)Cc2ccc(OC)cc2)cc1. The van der Waals surface area contributed by atoms with Gasteiger partial charge in [-0.3, -0.25) is 4.79 Å². The number of carbonyl (C=O) groups excluding carboxylic acids is 1. The Bertz CT molecular complexity index is 875. The Morgan fingerprint density at radius 3 is 2.30 bits per heavy atom. The number of rotatable bonds is 9. The van der Waals surface area contributed by atoms with Crippen LogP contribution in [0, 0.1) is 0 Å². The van der Waals surface area contributed by atoms with Crippen LogP contribution < -0.4 is 9.46 Å². The van der Waals surface area contributed by atoms with Crippen molar-refractivity contribution in [3.8, 4) is 5.75 Å². The first-order valence-electron chi connectivity index (χ1n) is 8.54. The smallest absolute Gasteiger partial charge is 0.254 e. The van der Waals surface area contributed by atoms with Crippen molar-refractivity contribution >= 4 is 15.9 Å². The number of hydrogen-bond donors (Lipinski definition) is 1. The molecule has 0 aliphatic heterocycles. The summed E-state index contributed by atoms with van der Waals surface area (Å²) in [5, 5.41) is 0. The second kappa shape index (κ2) is 9.34. The third-order valence-electron chi connectivity index (χ3n) is 4.03. The maximum Gasteiger partial charge on any atom is 0.254 e. The number of methoxy groups -OCH3 is 1. The van der Waals surface area contributed by atoms with E-state index in [1.54, 1.807) is 12.0 Å². The normalized spacial score (nSPS) is 11.0. The molecule has 0 radical (unpaired) electrons. The van der Waals surface area contributed by atoms with Gasteiger partial charge in [-0.25, -0.2) is 13.1 Å². The Balaban J connectivity index is 2.13. The van der Waals surface area contributed by atoms with E-state index in [0.29, 0.717) is 18.7 Å². The fourth-order valence-electron chi connectivity index (χ4n) is 2.49. The van der Waals surface area contributed by atoms with E-state index in [-0.39, 0.29) is 17.3 Å². The zero-order chi connectivity index (χ0) is 19.9. The highest BCUT2D eigenvalue weighted by Crippen LogP contribution is 2.16. The van der Waals surface area contributed by atoms with Crippen LogP contribution >= 0.6 is 0 Å². The number of benzene rings is 2. The van der Waals surface area contributed by atoms with Gasteiger partial charge in [-0.05, 0) is 48.9 Å². The van der Waals surface area contributed by atoms with Crippen LogP contribution in [0.15, 0.2) is 66.1 Å². The number of nitrogens with one attached hydrogen (secondary N) is 1. The number of carbonyl (C=O) groups is 1. The van der Waals surface area contributed by atoms with Crippen LogP contribution in [-0.2, 0) is 16.6 Å². The Morgan fingerprint density at radius 1 is 1.15 bits per heavy atom. The van der Waals surface area contributed by atoms with E-state index < -0.39 is 10.0 Å². The molecule has 0 saturated carbocycles. The Kier molecular flexibility index (Phi) is 7.15. The highest BCUT2D eigenvalue weighted by molar-refractivity contribution is 7.89. The molecule has 0 aliphatic rings. The molecule has 0 atom stereocenters. The van der Waals surface area contributed by atoms with Gasteiger partial charge in [-0.15, -0.1) is 6.58 Å². The molecule has 7 heteroatoms. The molecule has 0 aliphatic carbocycles. The molecule has 0 unspecified atom stereocenters. The molecule has 2 aromatic carbocycles. The average Bonchev–Trinajstić information content (AvgIpc) is 2.70. The molecule has 6 nitrogen and oxygen atoms in total. The second-order valence-corrected chi connectivity index (χ2v) is 7.60. The van der Waals surface area contributed by atoms with Crippen LogP contribution in [-0.4, -0.2) is 39.4 Å². The molecular formula is C20H24N2O4S. The number of nitrogens with zero attached hydrogens (tertiary/aromatic N) is 1. The molecule has 2 rings (SSSR count). The second-order valence-electron chi connectivity index (χ2n) is 5.83. The molecule has 0 heterocycles. The van der Waals surface area contributed by atoms with Crippen molar-refractivity contribution in [2.24, 2.45) is 0 Å². The average molecular weight is 388 g/mol. The zero-order valence-electron chi connectivity index (χ0n) is 15.5. The van der Waals surface area contributed by atoms with Gasteiger partial charge in [0.2, 0.25) is 10.0 Å². The van der Waals surface area contributed by atoms with E-state index in [0.717, 1.165) is 11.3 Å². The lowest BCUT2D eigenvalue weighted by Crippen LogP contribution is -2.30. The summed E-state index contributed by atoms with van der Waals surface area (Å²) in [6, 6.07) is 13.4. The molecule has 0 fully saturated rings. The summed E-state index contributed by atoms with van der Waals surface area (Å²) in [6.07, 6.45) is 1.47. The summed E-state index contributed by atoms with van der Waals surface area (Å²) in [5.41, 5.74) is 1.42. The van der Waals surface area contributed by atoms with Gasteiger partial charge in [0, 0.05) is 25.2 Å². The van der Waals surface area contributed by atoms with Gasteiger partial charge in [-0.1, -0.05) is 18.2 Å². The minimum absolute atomic E-state index is 0.110.